The van der Waals surface area contributed by atoms with Crippen LogP contribution in [0.4, 0.5) is 4.79 Å². The molecule has 0 aliphatic carbocycles. The van der Waals surface area contributed by atoms with E-state index < -0.39 is 0 Å². The highest BCUT2D eigenvalue weighted by atomic mass is 32.2. The number of benzene rings is 1. The number of carbonyl (C=O) groups excluding carboxylic acids is 2. The molecule has 0 unspecified atom stereocenters. The van der Waals surface area contributed by atoms with Gasteiger partial charge in [-0.15, -0.1) is 0 Å². The first kappa shape index (κ1) is 13.7. The summed E-state index contributed by atoms with van der Waals surface area (Å²) >= 11 is 0.935. The summed E-state index contributed by atoms with van der Waals surface area (Å²) < 4.78 is 2.10. The van der Waals surface area contributed by atoms with Crippen molar-refractivity contribution in [2.24, 2.45) is 0 Å². The van der Waals surface area contributed by atoms with Gasteiger partial charge in [0.15, 0.2) is 0 Å². The van der Waals surface area contributed by atoms with Crippen LogP contribution in [0.25, 0.3) is 17.0 Å². The van der Waals surface area contributed by atoms with Crippen LogP contribution in [0.2, 0.25) is 0 Å². The fraction of sp³-hybridized carbons (Fsp3) is 0.125. The van der Waals surface area contributed by atoms with Crippen molar-refractivity contribution >= 4 is 39.9 Å². The van der Waals surface area contributed by atoms with Gasteiger partial charge in [0.1, 0.15) is 0 Å². The van der Waals surface area contributed by atoms with Gasteiger partial charge in [0.25, 0.3) is 11.1 Å². The van der Waals surface area contributed by atoms with Crippen molar-refractivity contribution in [1.29, 1.82) is 0 Å². The first-order chi connectivity index (χ1) is 10.0. The molecule has 1 aromatic carbocycles. The molecule has 21 heavy (non-hydrogen) atoms. The fourth-order valence-corrected chi connectivity index (χ4v) is 3.05. The predicted molar refractivity (Wildman–Crippen MR) is 85.9 cm³/mol. The third kappa shape index (κ3) is 2.64. The van der Waals surface area contributed by atoms with Gasteiger partial charge in [-0.3, -0.25) is 14.9 Å². The van der Waals surface area contributed by atoms with E-state index in [0.29, 0.717) is 4.91 Å². The Morgan fingerprint density at radius 1 is 1.38 bits per heavy atom. The lowest BCUT2D eigenvalue weighted by Crippen LogP contribution is -2.17. The molecular formula is C16H14N2O2S. The lowest BCUT2D eigenvalue weighted by Gasteiger charge is -2.03. The number of carbonyl (C=O) groups is 2. The number of amides is 2. The molecule has 1 saturated heterocycles. The zero-order valence-corrected chi connectivity index (χ0v) is 12.4. The largest absolute Gasteiger partial charge is 0.343 e. The number of allylic oxidation sites excluding steroid dienone is 1. The van der Waals surface area contributed by atoms with Crippen molar-refractivity contribution < 1.29 is 9.59 Å². The summed E-state index contributed by atoms with van der Waals surface area (Å²) in [5.41, 5.74) is 3.07. The maximum atomic E-state index is 11.7. The minimum atomic E-state index is -0.332. The van der Waals surface area contributed by atoms with Crippen LogP contribution in [-0.4, -0.2) is 15.7 Å². The summed E-state index contributed by atoms with van der Waals surface area (Å²) in [6.07, 6.45) is 3.76. The monoisotopic (exact) mass is 298 g/mol. The van der Waals surface area contributed by atoms with Gasteiger partial charge < -0.3 is 4.57 Å². The van der Waals surface area contributed by atoms with Gasteiger partial charge in [0, 0.05) is 29.2 Å². The van der Waals surface area contributed by atoms with Crippen molar-refractivity contribution in [3.63, 3.8) is 0 Å². The van der Waals surface area contributed by atoms with Gasteiger partial charge in [-0.2, -0.15) is 0 Å². The fourth-order valence-electron chi connectivity index (χ4n) is 2.37. The summed E-state index contributed by atoms with van der Waals surface area (Å²) in [5, 5.41) is 3.00. The molecule has 106 valence electrons. The van der Waals surface area contributed by atoms with Crippen LogP contribution in [0.1, 0.15) is 12.5 Å². The minimum absolute atomic E-state index is 0.322. The van der Waals surface area contributed by atoms with Gasteiger partial charge >= 0.3 is 0 Å². The van der Waals surface area contributed by atoms with E-state index in [0.717, 1.165) is 40.3 Å². The Labute approximate surface area is 126 Å². The van der Waals surface area contributed by atoms with E-state index in [-0.39, 0.29) is 11.1 Å². The van der Waals surface area contributed by atoms with Crippen molar-refractivity contribution in [1.82, 2.24) is 9.88 Å². The second-order valence-electron chi connectivity index (χ2n) is 5.04. The molecule has 1 aliphatic rings. The minimum Gasteiger partial charge on any atom is -0.343 e. The Bertz CT molecular complexity index is 802. The maximum Gasteiger partial charge on any atom is 0.290 e. The maximum absolute atomic E-state index is 11.7. The Morgan fingerprint density at radius 3 is 2.81 bits per heavy atom. The van der Waals surface area contributed by atoms with Crippen LogP contribution in [0, 0.1) is 0 Å². The molecule has 2 heterocycles. The summed E-state index contributed by atoms with van der Waals surface area (Å²) in [6, 6.07) is 7.99. The quantitative estimate of drug-likeness (QED) is 0.696. The molecule has 4 nitrogen and oxygen atoms in total. The highest BCUT2D eigenvalue weighted by molar-refractivity contribution is 8.18. The van der Waals surface area contributed by atoms with Crippen LogP contribution in [0.5, 0.6) is 0 Å². The van der Waals surface area contributed by atoms with Gasteiger partial charge in [-0.1, -0.05) is 30.4 Å². The predicted octanol–water partition coefficient (Wildman–Crippen LogP) is 3.54. The molecule has 2 aromatic rings. The van der Waals surface area contributed by atoms with E-state index in [2.05, 4.69) is 16.5 Å². The summed E-state index contributed by atoms with van der Waals surface area (Å²) in [4.78, 5) is 23.3. The number of nitrogens with zero attached hydrogens (tertiary/aromatic N) is 1. The Balaban J connectivity index is 2.11. The first-order valence-electron chi connectivity index (χ1n) is 6.52. The zero-order valence-electron chi connectivity index (χ0n) is 11.6. The van der Waals surface area contributed by atoms with Crippen LogP contribution >= 0.6 is 11.8 Å². The SMILES string of the molecule is C=C(C)Cn1cc(C=C2SC(=O)NC2=O)c2ccccc21. The highest BCUT2D eigenvalue weighted by Crippen LogP contribution is 2.29. The lowest BCUT2D eigenvalue weighted by atomic mass is 10.1. The number of rotatable bonds is 3. The van der Waals surface area contributed by atoms with Crippen molar-refractivity contribution in [2.75, 3.05) is 0 Å². The molecular weight excluding hydrogens is 284 g/mol. The van der Waals surface area contributed by atoms with E-state index in [4.69, 9.17) is 0 Å². The van der Waals surface area contributed by atoms with Crippen molar-refractivity contribution in [3.05, 3.63) is 53.1 Å². The number of nitrogens with one attached hydrogen (secondary N) is 1. The van der Waals surface area contributed by atoms with Crippen LogP contribution < -0.4 is 5.32 Å². The molecule has 5 heteroatoms. The highest BCUT2D eigenvalue weighted by Gasteiger charge is 2.25. The number of thioether (sulfide) groups is 1. The third-order valence-corrected chi connectivity index (χ3v) is 4.00. The van der Waals surface area contributed by atoms with Gasteiger partial charge in [0.2, 0.25) is 0 Å². The van der Waals surface area contributed by atoms with Crippen LogP contribution in [-0.2, 0) is 11.3 Å². The van der Waals surface area contributed by atoms with Gasteiger partial charge in [-0.05, 0) is 30.8 Å². The summed E-state index contributed by atoms with van der Waals surface area (Å²) in [6.45, 7) is 6.64. The molecule has 3 rings (SSSR count). The summed E-state index contributed by atoms with van der Waals surface area (Å²) in [7, 11) is 0. The van der Waals surface area contributed by atoms with Crippen LogP contribution in [0.3, 0.4) is 0 Å². The number of aromatic nitrogens is 1. The number of hydrogen-bond donors (Lipinski definition) is 1. The number of para-hydroxylation sites is 1. The number of imide groups is 1. The molecule has 1 aliphatic heterocycles. The molecule has 0 atom stereocenters. The van der Waals surface area contributed by atoms with Gasteiger partial charge in [0.05, 0.1) is 4.91 Å². The van der Waals surface area contributed by atoms with E-state index in [1.807, 2.05) is 37.4 Å². The lowest BCUT2D eigenvalue weighted by molar-refractivity contribution is -0.115. The first-order valence-corrected chi connectivity index (χ1v) is 7.33. The third-order valence-electron chi connectivity index (χ3n) is 3.19. The molecule has 0 saturated carbocycles. The summed E-state index contributed by atoms with van der Waals surface area (Å²) in [5.74, 6) is -0.332. The number of hydrogen-bond acceptors (Lipinski definition) is 3. The van der Waals surface area contributed by atoms with Crippen LogP contribution in [0.15, 0.2) is 47.5 Å². The molecule has 0 radical (unpaired) electrons. The zero-order chi connectivity index (χ0) is 15.0. The second kappa shape index (κ2) is 5.26. The van der Waals surface area contributed by atoms with Crippen molar-refractivity contribution in [2.45, 2.75) is 13.5 Å². The average Bonchev–Trinajstić information content (AvgIpc) is 2.91. The van der Waals surface area contributed by atoms with E-state index >= 15 is 0 Å². The number of fused-ring (bicyclic) bond motifs is 1. The Morgan fingerprint density at radius 2 is 2.14 bits per heavy atom. The van der Waals surface area contributed by atoms with Gasteiger partial charge in [-0.25, -0.2) is 0 Å². The molecule has 1 N–H and O–H groups in total. The molecule has 0 spiro atoms. The van der Waals surface area contributed by atoms with E-state index in [9.17, 15) is 9.59 Å². The van der Waals surface area contributed by atoms with Crippen molar-refractivity contribution in [3.8, 4) is 0 Å². The Hall–Kier alpha value is -2.27. The average molecular weight is 298 g/mol. The molecule has 1 aromatic heterocycles. The van der Waals surface area contributed by atoms with E-state index in [1.165, 1.54) is 0 Å². The molecule has 0 bridgehead atoms. The topological polar surface area (TPSA) is 51.1 Å². The molecule has 2 amide bonds. The van der Waals surface area contributed by atoms with E-state index in [1.54, 1.807) is 6.08 Å². The smallest absolute Gasteiger partial charge is 0.290 e. The second-order valence-corrected chi connectivity index (χ2v) is 6.05. The molecule has 1 fully saturated rings. The normalized spacial score (nSPS) is 16.7. The standard InChI is InChI=1S/C16H14N2O2S/c1-10(2)8-18-9-11(12-5-3-4-6-13(12)18)7-14-15(19)17-16(20)21-14/h3-7,9H,1,8H2,2H3,(H,17,19,20). The Kier molecular flexibility index (Phi) is 3.43.